The molecule has 0 saturated heterocycles. The normalized spacial score (nSPS) is 12.8. The molecule has 6 nitrogen and oxygen atoms in total. The van der Waals surface area contributed by atoms with Gasteiger partial charge >= 0.3 is 6.03 Å². The summed E-state index contributed by atoms with van der Waals surface area (Å²) in [6.07, 6.45) is 2.61. The molecule has 2 amide bonds. The van der Waals surface area contributed by atoms with Crippen molar-refractivity contribution in [3.8, 4) is 5.88 Å². The van der Waals surface area contributed by atoms with Crippen LogP contribution in [0.1, 0.15) is 11.1 Å². The number of benzene rings is 1. The zero-order chi connectivity index (χ0) is 16.8. The number of amides is 2. The van der Waals surface area contributed by atoms with Crippen molar-refractivity contribution in [2.75, 3.05) is 31.8 Å². The quantitative estimate of drug-likeness (QED) is 0.828. The number of ether oxygens (including phenoxy) is 2. The van der Waals surface area contributed by atoms with Gasteiger partial charge in [0.1, 0.15) is 6.61 Å². The maximum absolute atomic E-state index is 12.4. The van der Waals surface area contributed by atoms with E-state index in [0.29, 0.717) is 25.6 Å². The fraction of sp³-hybridized carbons (Fsp3) is 0.333. The molecule has 126 valence electrons. The number of methoxy groups -OCH3 is 1. The van der Waals surface area contributed by atoms with Crippen LogP contribution in [0.15, 0.2) is 42.6 Å². The Balaban J connectivity index is 1.52. The molecule has 0 unspecified atom stereocenters. The highest BCUT2D eigenvalue weighted by atomic mass is 16.5. The van der Waals surface area contributed by atoms with Crippen LogP contribution in [-0.4, -0.2) is 37.9 Å². The number of carbonyl (C=O) groups is 1. The number of urea groups is 1. The number of aromatic nitrogens is 1. The van der Waals surface area contributed by atoms with Gasteiger partial charge in [0.2, 0.25) is 5.88 Å². The second-order valence-electron chi connectivity index (χ2n) is 5.54. The zero-order valence-electron chi connectivity index (χ0n) is 13.7. The molecule has 0 spiro atoms. The molecule has 0 fully saturated rings. The summed E-state index contributed by atoms with van der Waals surface area (Å²) < 4.78 is 10.3. The standard InChI is InChI=1S/C18H21N3O3/c1-23-10-11-24-17-7-6-14(12-19-17)13-20-18(22)21-9-8-15-4-2-3-5-16(15)21/h2-7,12H,8-11,13H2,1H3,(H,20,22). The van der Waals surface area contributed by atoms with E-state index in [0.717, 1.165) is 24.2 Å². The van der Waals surface area contributed by atoms with Crippen molar-refractivity contribution in [2.45, 2.75) is 13.0 Å². The highest BCUT2D eigenvalue weighted by molar-refractivity contribution is 5.94. The number of rotatable bonds is 6. The van der Waals surface area contributed by atoms with Crippen molar-refractivity contribution < 1.29 is 14.3 Å². The molecule has 1 aliphatic heterocycles. The molecule has 0 atom stereocenters. The van der Waals surface area contributed by atoms with Gasteiger partial charge in [-0.2, -0.15) is 0 Å². The molecule has 2 heterocycles. The van der Waals surface area contributed by atoms with Gasteiger partial charge in [-0.15, -0.1) is 0 Å². The van der Waals surface area contributed by atoms with E-state index >= 15 is 0 Å². The third kappa shape index (κ3) is 3.83. The van der Waals surface area contributed by atoms with Gasteiger partial charge in [-0.25, -0.2) is 9.78 Å². The number of fused-ring (bicyclic) bond motifs is 1. The van der Waals surface area contributed by atoms with Gasteiger partial charge in [-0.05, 0) is 23.6 Å². The maximum Gasteiger partial charge on any atom is 0.322 e. The average molecular weight is 327 g/mol. The molecule has 0 aliphatic carbocycles. The molecule has 2 aromatic rings. The minimum Gasteiger partial charge on any atom is -0.475 e. The number of nitrogens with zero attached hydrogens (tertiary/aromatic N) is 2. The predicted molar refractivity (Wildman–Crippen MR) is 91.3 cm³/mol. The lowest BCUT2D eigenvalue weighted by Gasteiger charge is -2.18. The molecular weight excluding hydrogens is 306 g/mol. The van der Waals surface area contributed by atoms with Crippen LogP contribution in [0.5, 0.6) is 5.88 Å². The Kier molecular flexibility index (Phi) is 5.28. The van der Waals surface area contributed by atoms with Crippen molar-refractivity contribution in [1.29, 1.82) is 0 Å². The van der Waals surface area contributed by atoms with Crippen LogP contribution >= 0.6 is 0 Å². The van der Waals surface area contributed by atoms with Crippen LogP contribution in [0, 0.1) is 0 Å². The summed E-state index contributed by atoms with van der Waals surface area (Å²) in [7, 11) is 1.63. The van der Waals surface area contributed by atoms with Crippen molar-refractivity contribution in [2.24, 2.45) is 0 Å². The lowest BCUT2D eigenvalue weighted by atomic mass is 10.2. The second-order valence-corrected chi connectivity index (χ2v) is 5.54. The predicted octanol–water partition coefficient (Wildman–Crippen LogP) is 2.38. The maximum atomic E-state index is 12.4. The Labute approximate surface area is 141 Å². The Morgan fingerprint density at radius 1 is 1.25 bits per heavy atom. The van der Waals surface area contributed by atoms with Crippen LogP contribution in [0.25, 0.3) is 0 Å². The van der Waals surface area contributed by atoms with Crippen LogP contribution in [0.4, 0.5) is 10.5 Å². The lowest BCUT2D eigenvalue weighted by Crippen LogP contribution is -2.38. The van der Waals surface area contributed by atoms with Crippen LogP contribution in [0.2, 0.25) is 0 Å². The average Bonchev–Trinajstić information content (AvgIpc) is 3.05. The first-order chi connectivity index (χ1) is 11.8. The van der Waals surface area contributed by atoms with Gasteiger partial charge in [-0.1, -0.05) is 24.3 Å². The van der Waals surface area contributed by atoms with Crippen LogP contribution in [0.3, 0.4) is 0 Å². The molecule has 0 saturated carbocycles. The van der Waals surface area contributed by atoms with E-state index < -0.39 is 0 Å². The van der Waals surface area contributed by atoms with Crippen molar-refractivity contribution in [1.82, 2.24) is 10.3 Å². The van der Waals surface area contributed by atoms with Gasteiger partial charge in [0.15, 0.2) is 0 Å². The summed E-state index contributed by atoms with van der Waals surface area (Å²) in [5, 5.41) is 2.94. The Morgan fingerprint density at radius 3 is 2.92 bits per heavy atom. The van der Waals surface area contributed by atoms with Crippen molar-refractivity contribution in [3.63, 3.8) is 0 Å². The molecule has 1 aromatic heterocycles. The Hall–Kier alpha value is -2.60. The highest BCUT2D eigenvalue weighted by Crippen LogP contribution is 2.27. The summed E-state index contributed by atoms with van der Waals surface area (Å²) in [5.74, 6) is 0.551. The lowest BCUT2D eigenvalue weighted by molar-refractivity contribution is 0.143. The van der Waals surface area contributed by atoms with Gasteiger partial charge < -0.3 is 14.8 Å². The highest BCUT2D eigenvalue weighted by Gasteiger charge is 2.23. The van der Waals surface area contributed by atoms with E-state index in [-0.39, 0.29) is 6.03 Å². The molecule has 1 aromatic carbocycles. The first-order valence-electron chi connectivity index (χ1n) is 7.98. The fourth-order valence-corrected chi connectivity index (χ4v) is 2.65. The van der Waals surface area contributed by atoms with Crippen LogP contribution < -0.4 is 15.0 Å². The minimum atomic E-state index is -0.0830. The summed E-state index contributed by atoms with van der Waals surface area (Å²) in [5.41, 5.74) is 3.14. The topological polar surface area (TPSA) is 63.7 Å². The third-order valence-corrected chi connectivity index (χ3v) is 3.91. The van der Waals surface area contributed by atoms with E-state index in [1.807, 2.05) is 24.3 Å². The van der Waals surface area contributed by atoms with E-state index in [9.17, 15) is 4.79 Å². The van der Waals surface area contributed by atoms with E-state index in [1.165, 1.54) is 5.56 Å². The van der Waals surface area contributed by atoms with Crippen molar-refractivity contribution in [3.05, 3.63) is 53.7 Å². The number of pyridine rings is 1. The molecular formula is C18H21N3O3. The monoisotopic (exact) mass is 327 g/mol. The summed E-state index contributed by atoms with van der Waals surface area (Å²) in [6.45, 7) is 2.14. The minimum absolute atomic E-state index is 0.0830. The second kappa shape index (κ2) is 7.79. The summed E-state index contributed by atoms with van der Waals surface area (Å²) >= 11 is 0. The fourth-order valence-electron chi connectivity index (χ4n) is 2.65. The third-order valence-electron chi connectivity index (χ3n) is 3.91. The molecule has 3 rings (SSSR count). The number of nitrogens with one attached hydrogen (secondary N) is 1. The van der Waals surface area contributed by atoms with Gasteiger partial charge in [0.25, 0.3) is 0 Å². The Bertz CT molecular complexity index is 688. The number of para-hydroxylation sites is 1. The SMILES string of the molecule is COCCOc1ccc(CNC(=O)N2CCc3ccccc32)cn1. The van der Waals surface area contributed by atoms with E-state index in [1.54, 1.807) is 24.3 Å². The molecule has 24 heavy (non-hydrogen) atoms. The van der Waals surface area contributed by atoms with Crippen LogP contribution in [-0.2, 0) is 17.7 Å². The Morgan fingerprint density at radius 2 is 2.12 bits per heavy atom. The number of carbonyl (C=O) groups excluding carboxylic acids is 1. The first kappa shape index (κ1) is 16.3. The van der Waals surface area contributed by atoms with Gasteiger partial charge in [0.05, 0.1) is 6.61 Å². The first-order valence-corrected chi connectivity index (χ1v) is 7.98. The summed E-state index contributed by atoms with van der Waals surface area (Å²) in [4.78, 5) is 18.4. The van der Waals surface area contributed by atoms with Gasteiger partial charge in [0, 0.05) is 38.1 Å². The number of hydrogen-bond donors (Lipinski definition) is 1. The largest absolute Gasteiger partial charge is 0.475 e. The molecule has 0 bridgehead atoms. The number of hydrogen-bond acceptors (Lipinski definition) is 4. The van der Waals surface area contributed by atoms with E-state index in [2.05, 4.69) is 16.4 Å². The molecule has 6 heteroatoms. The van der Waals surface area contributed by atoms with Crippen molar-refractivity contribution >= 4 is 11.7 Å². The zero-order valence-corrected chi connectivity index (χ0v) is 13.7. The van der Waals surface area contributed by atoms with Gasteiger partial charge in [-0.3, -0.25) is 4.90 Å². The molecule has 0 radical (unpaired) electrons. The number of anilines is 1. The molecule has 1 aliphatic rings. The molecule has 1 N–H and O–H groups in total. The summed E-state index contributed by atoms with van der Waals surface area (Å²) in [6, 6.07) is 11.6. The smallest absolute Gasteiger partial charge is 0.322 e. The van der Waals surface area contributed by atoms with E-state index in [4.69, 9.17) is 9.47 Å².